The van der Waals surface area contributed by atoms with Gasteiger partial charge in [-0.2, -0.15) is 13.2 Å². The van der Waals surface area contributed by atoms with Crippen LogP contribution in [0.1, 0.15) is 6.42 Å². The Labute approximate surface area is 167 Å². The highest BCUT2D eigenvalue weighted by Gasteiger charge is 2.38. The van der Waals surface area contributed by atoms with Gasteiger partial charge in [-0.3, -0.25) is 0 Å². The summed E-state index contributed by atoms with van der Waals surface area (Å²) in [5.74, 6) is -1.09. The predicted octanol–water partition coefficient (Wildman–Crippen LogP) is 3.81. The number of thiophene rings is 1. The van der Waals surface area contributed by atoms with Crippen LogP contribution in [0, 0.1) is 0 Å². The smallest absolute Gasteiger partial charge is 0.487 e. The molecule has 3 heterocycles. The summed E-state index contributed by atoms with van der Waals surface area (Å²) in [6.45, 7) is 1.91. The number of halogens is 3. The number of carboxylic acids is 1. The quantitative estimate of drug-likeness (QED) is 0.584. The maximum atomic E-state index is 10.6. The van der Waals surface area contributed by atoms with Gasteiger partial charge in [-0.25, -0.2) is 14.8 Å². The Morgan fingerprint density at radius 3 is 2.72 bits per heavy atom. The van der Waals surface area contributed by atoms with Gasteiger partial charge in [0, 0.05) is 6.54 Å². The second kappa shape index (κ2) is 9.05. The molecule has 0 spiro atoms. The highest BCUT2D eigenvalue weighted by atomic mass is 32.1. The minimum atomic E-state index is -5.08. The van der Waals surface area contributed by atoms with E-state index < -0.39 is 12.1 Å². The predicted molar refractivity (Wildman–Crippen MR) is 103 cm³/mol. The van der Waals surface area contributed by atoms with Crippen molar-refractivity contribution in [3.63, 3.8) is 0 Å². The van der Waals surface area contributed by atoms with E-state index in [1.807, 2.05) is 35.7 Å². The number of nitrogens with one attached hydrogen (secondary N) is 2. The van der Waals surface area contributed by atoms with Crippen molar-refractivity contribution in [2.24, 2.45) is 0 Å². The Kier molecular flexibility index (Phi) is 6.49. The van der Waals surface area contributed by atoms with E-state index in [1.54, 1.807) is 17.7 Å². The first kappa shape index (κ1) is 20.8. The minimum absolute atomic E-state index is 0.231. The number of carbonyl (C=O) groups is 1. The zero-order chi connectivity index (χ0) is 20.9. The summed E-state index contributed by atoms with van der Waals surface area (Å²) in [6, 6.07) is 10.0. The van der Waals surface area contributed by atoms with Crippen molar-refractivity contribution in [2.75, 3.05) is 18.4 Å². The standard InChI is InChI=1S/C16H16N4OS.C2HF3O2/c1-2-4-14(21-11-5-7-17-9-11)13(3-1)20-15-12-6-8-22-16(12)19-10-18-15;3-2(4,5)1(6)7/h1-4,6,8,10-11,17H,5,7,9H2,(H,18,19,20);(H,6,7). The lowest BCUT2D eigenvalue weighted by Crippen LogP contribution is -2.21. The summed E-state index contributed by atoms with van der Waals surface area (Å²) < 4.78 is 37.8. The summed E-state index contributed by atoms with van der Waals surface area (Å²) in [5, 5.41) is 16.9. The van der Waals surface area contributed by atoms with Crippen LogP contribution >= 0.6 is 11.3 Å². The lowest BCUT2D eigenvalue weighted by molar-refractivity contribution is -0.192. The van der Waals surface area contributed by atoms with Gasteiger partial charge in [-0.15, -0.1) is 11.3 Å². The van der Waals surface area contributed by atoms with Crippen LogP contribution in [0.2, 0.25) is 0 Å². The fourth-order valence-corrected chi connectivity index (χ4v) is 3.33. The van der Waals surface area contributed by atoms with Crippen molar-refractivity contribution in [2.45, 2.75) is 18.7 Å². The largest absolute Gasteiger partial charge is 0.490 e. The molecule has 7 nitrogen and oxygen atoms in total. The molecule has 1 atom stereocenters. The van der Waals surface area contributed by atoms with Crippen LogP contribution in [0.15, 0.2) is 42.0 Å². The van der Waals surface area contributed by atoms with Crippen LogP contribution in [-0.2, 0) is 4.79 Å². The molecule has 2 aromatic heterocycles. The molecule has 1 unspecified atom stereocenters. The SMILES string of the molecule is O=C(O)C(F)(F)F.c1ccc(OC2CCNC2)c(Nc2ncnc3sccc23)c1. The first-order valence-electron chi connectivity index (χ1n) is 8.56. The number of benzene rings is 1. The molecule has 11 heteroatoms. The molecule has 29 heavy (non-hydrogen) atoms. The Hall–Kier alpha value is -2.92. The third-order valence-electron chi connectivity index (χ3n) is 3.95. The van der Waals surface area contributed by atoms with Gasteiger partial charge >= 0.3 is 12.1 Å². The number of rotatable bonds is 4. The topological polar surface area (TPSA) is 96.4 Å². The van der Waals surface area contributed by atoms with Crippen molar-refractivity contribution in [3.05, 3.63) is 42.0 Å². The van der Waals surface area contributed by atoms with Gasteiger partial charge < -0.3 is 20.5 Å². The molecule has 1 aliphatic heterocycles. The first-order valence-corrected chi connectivity index (χ1v) is 9.44. The molecule has 154 valence electrons. The molecule has 4 rings (SSSR count). The molecule has 0 bridgehead atoms. The molecular formula is C18H17F3N4O3S. The summed E-state index contributed by atoms with van der Waals surface area (Å²) in [6.07, 6.45) is -2.23. The third kappa shape index (κ3) is 5.55. The van der Waals surface area contributed by atoms with Gasteiger partial charge in [0.2, 0.25) is 0 Å². The zero-order valence-corrected chi connectivity index (χ0v) is 15.8. The van der Waals surface area contributed by atoms with Crippen molar-refractivity contribution in [1.82, 2.24) is 15.3 Å². The molecule has 0 amide bonds. The second-order valence-corrected chi connectivity index (χ2v) is 6.91. The lowest BCUT2D eigenvalue weighted by atomic mass is 10.2. The molecule has 3 N–H and O–H groups in total. The van der Waals surface area contributed by atoms with Crippen molar-refractivity contribution in [1.29, 1.82) is 0 Å². The van der Waals surface area contributed by atoms with E-state index in [2.05, 4.69) is 20.6 Å². The van der Waals surface area contributed by atoms with Crippen LogP contribution in [-0.4, -0.2) is 46.4 Å². The number of nitrogens with zero attached hydrogens (tertiary/aromatic N) is 2. The summed E-state index contributed by atoms with van der Waals surface area (Å²) in [5.41, 5.74) is 0.931. The third-order valence-corrected chi connectivity index (χ3v) is 4.77. The van der Waals surface area contributed by atoms with Gasteiger partial charge in [0.15, 0.2) is 0 Å². The molecule has 3 aromatic rings. The fourth-order valence-electron chi connectivity index (χ4n) is 2.60. The highest BCUT2D eigenvalue weighted by Crippen LogP contribution is 2.31. The minimum Gasteiger partial charge on any atom is -0.487 e. The average Bonchev–Trinajstić information content (AvgIpc) is 3.35. The van der Waals surface area contributed by atoms with E-state index in [9.17, 15) is 13.2 Å². The molecule has 1 saturated heterocycles. The number of aromatic nitrogens is 2. The Morgan fingerprint density at radius 1 is 1.28 bits per heavy atom. The maximum absolute atomic E-state index is 10.6. The van der Waals surface area contributed by atoms with Crippen LogP contribution in [0.25, 0.3) is 10.2 Å². The lowest BCUT2D eigenvalue weighted by Gasteiger charge is -2.16. The molecule has 0 saturated carbocycles. The van der Waals surface area contributed by atoms with E-state index in [0.717, 1.165) is 47.0 Å². The highest BCUT2D eigenvalue weighted by molar-refractivity contribution is 7.16. The number of hydrogen-bond acceptors (Lipinski definition) is 7. The molecule has 0 radical (unpaired) electrons. The zero-order valence-electron chi connectivity index (χ0n) is 14.9. The van der Waals surface area contributed by atoms with Crippen LogP contribution in [0.3, 0.4) is 0 Å². The molecular weight excluding hydrogens is 409 g/mol. The normalized spacial score (nSPS) is 16.2. The number of anilines is 2. The van der Waals surface area contributed by atoms with Gasteiger partial charge in [-0.1, -0.05) is 12.1 Å². The number of hydrogen-bond donors (Lipinski definition) is 3. The second-order valence-electron chi connectivity index (χ2n) is 6.02. The number of ether oxygens (including phenoxy) is 1. The maximum Gasteiger partial charge on any atom is 0.490 e. The van der Waals surface area contributed by atoms with E-state index >= 15 is 0 Å². The summed E-state index contributed by atoms with van der Waals surface area (Å²) in [7, 11) is 0. The Balaban J connectivity index is 0.000000298. The molecule has 1 aromatic carbocycles. The number of carboxylic acid groups (broad SMARTS) is 1. The number of alkyl halides is 3. The molecule has 1 aliphatic rings. The van der Waals surface area contributed by atoms with Crippen LogP contribution < -0.4 is 15.4 Å². The van der Waals surface area contributed by atoms with Crippen LogP contribution in [0.5, 0.6) is 5.75 Å². The van der Waals surface area contributed by atoms with Gasteiger partial charge in [0.1, 0.15) is 28.8 Å². The number of fused-ring (bicyclic) bond motifs is 1. The van der Waals surface area contributed by atoms with E-state index in [0.29, 0.717) is 0 Å². The average molecular weight is 426 g/mol. The number of aliphatic carboxylic acids is 1. The van der Waals surface area contributed by atoms with Crippen molar-refractivity contribution in [3.8, 4) is 5.75 Å². The molecule has 1 fully saturated rings. The van der Waals surface area contributed by atoms with Crippen LogP contribution in [0.4, 0.5) is 24.7 Å². The first-order chi connectivity index (χ1) is 13.8. The van der Waals surface area contributed by atoms with E-state index in [1.165, 1.54) is 0 Å². The van der Waals surface area contributed by atoms with Gasteiger partial charge in [-0.05, 0) is 36.5 Å². The molecule has 0 aliphatic carbocycles. The van der Waals surface area contributed by atoms with Gasteiger partial charge in [0.25, 0.3) is 0 Å². The number of para-hydroxylation sites is 2. The Bertz CT molecular complexity index is 974. The van der Waals surface area contributed by atoms with E-state index in [-0.39, 0.29) is 6.10 Å². The monoisotopic (exact) mass is 426 g/mol. The summed E-state index contributed by atoms with van der Waals surface area (Å²) >= 11 is 1.61. The fraction of sp³-hybridized carbons (Fsp3) is 0.278. The van der Waals surface area contributed by atoms with E-state index in [4.69, 9.17) is 14.6 Å². The van der Waals surface area contributed by atoms with Gasteiger partial charge in [0.05, 0.1) is 11.1 Å². The van der Waals surface area contributed by atoms with Crippen molar-refractivity contribution >= 4 is 39.0 Å². The summed E-state index contributed by atoms with van der Waals surface area (Å²) in [4.78, 5) is 18.5. The Morgan fingerprint density at radius 2 is 2.03 bits per heavy atom. The van der Waals surface area contributed by atoms with Crippen molar-refractivity contribution < 1.29 is 27.8 Å².